The molecule has 2 fully saturated rings. The number of hydrogen-bond donors (Lipinski definition) is 8. The Balaban J connectivity index is 1.46. The number of rotatable bonds is 11. The van der Waals surface area contributed by atoms with Gasteiger partial charge in [0.1, 0.15) is 71.6 Å². The standard InChI is InChI=1S/C28H36O14/c1-38-14-8-5-13(6-9-14)7-10-16(32)20-15(31)3-2-4-17(20)39-27-25(37)23(35)26(19(12-30)41-27)42-28-24(36)22(34)21(33)18(11-29)40-28/h2-6,8-9,18-19,21-31,33-37H,7,10-12H2,1H3/t18-,19-,21-,22+,23-,24-,25-,26-,27-,28-/m1/s1. The van der Waals surface area contributed by atoms with Gasteiger partial charge in [-0.25, -0.2) is 0 Å². The SMILES string of the molecule is COc1ccc(CCC(=O)c2c(O)cccc2O[C@@H]2O[C@H](CO)[C@@H](O[C@H]3O[C@H](CO)[C@@H](O)[C@H](O)[C@H]3O)[C@H](O)[C@H]2O)cc1. The van der Waals surface area contributed by atoms with Gasteiger partial charge in [-0.15, -0.1) is 0 Å². The molecule has 2 heterocycles. The lowest BCUT2D eigenvalue weighted by Crippen LogP contribution is -2.65. The maximum absolute atomic E-state index is 13.1. The average molecular weight is 597 g/mol. The van der Waals surface area contributed by atoms with Crippen molar-refractivity contribution in [3.63, 3.8) is 0 Å². The Labute approximate surface area is 240 Å². The molecule has 0 radical (unpaired) electrons. The van der Waals surface area contributed by atoms with Crippen molar-refractivity contribution in [3.05, 3.63) is 53.6 Å². The lowest BCUT2D eigenvalue weighted by molar-refractivity contribution is -0.352. The van der Waals surface area contributed by atoms with Gasteiger partial charge in [-0.05, 0) is 36.2 Å². The number of Topliss-reactive ketones (excluding diaryl/α,β-unsaturated/α-hetero) is 1. The first kappa shape index (κ1) is 32.0. The number of methoxy groups -OCH3 is 1. The second-order valence-corrected chi connectivity index (χ2v) is 10.0. The van der Waals surface area contributed by atoms with Crippen molar-refractivity contribution in [3.8, 4) is 17.2 Å². The quantitative estimate of drug-likeness (QED) is 0.134. The van der Waals surface area contributed by atoms with Crippen LogP contribution in [0.5, 0.6) is 17.2 Å². The number of aryl methyl sites for hydroxylation is 1. The molecule has 14 heteroatoms. The van der Waals surface area contributed by atoms with E-state index in [1.165, 1.54) is 18.2 Å². The fourth-order valence-corrected chi connectivity index (χ4v) is 4.85. The Morgan fingerprint density at radius 1 is 0.810 bits per heavy atom. The van der Waals surface area contributed by atoms with Crippen LogP contribution in [0.1, 0.15) is 22.3 Å². The summed E-state index contributed by atoms with van der Waals surface area (Å²) in [6.07, 6.45) is -16.0. The second kappa shape index (κ2) is 14.1. The highest BCUT2D eigenvalue weighted by Crippen LogP contribution is 2.34. The molecule has 0 bridgehead atoms. The average Bonchev–Trinajstić information content (AvgIpc) is 2.99. The Hall–Kier alpha value is -2.89. The minimum Gasteiger partial charge on any atom is -0.507 e. The number of carbonyl (C=O) groups excluding carboxylic acids is 1. The molecule has 10 atom stereocenters. The first-order chi connectivity index (χ1) is 20.1. The van der Waals surface area contributed by atoms with E-state index >= 15 is 0 Å². The zero-order valence-corrected chi connectivity index (χ0v) is 22.7. The number of phenolic OH excluding ortho intramolecular Hbond substituents is 1. The smallest absolute Gasteiger partial charge is 0.229 e. The number of benzene rings is 2. The van der Waals surface area contributed by atoms with Crippen LogP contribution in [0.25, 0.3) is 0 Å². The molecule has 2 saturated heterocycles. The van der Waals surface area contributed by atoms with Crippen LogP contribution in [-0.4, -0.2) is 128 Å². The van der Waals surface area contributed by atoms with Gasteiger partial charge in [0.05, 0.1) is 20.3 Å². The zero-order valence-electron chi connectivity index (χ0n) is 22.7. The minimum absolute atomic E-state index is 0.00520. The normalized spacial score (nSPS) is 33.2. The van der Waals surface area contributed by atoms with Crippen LogP contribution in [0.4, 0.5) is 0 Å². The molecule has 14 nitrogen and oxygen atoms in total. The second-order valence-electron chi connectivity index (χ2n) is 10.0. The zero-order chi connectivity index (χ0) is 30.6. The van der Waals surface area contributed by atoms with Gasteiger partial charge in [0.15, 0.2) is 12.1 Å². The van der Waals surface area contributed by atoms with Crippen LogP contribution in [0.2, 0.25) is 0 Å². The minimum atomic E-state index is -1.83. The molecule has 0 unspecified atom stereocenters. The summed E-state index contributed by atoms with van der Waals surface area (Å²) in [6, 6.07) is 11.2. The number of phenols is 1. The third-order valence-corrected chi connectivity index (χ3v) is 7.29. The number of aromatic hydroxyl groups is 1. The van der Waals surface area contributed by atoms with Crippen LogP contribution < -0.4 is 9.47 Å². The maximum atomic E-state index is 13.1. The maximum Gasteiger partial charge on any atom is 0.229 e. The van der Waals surface area contributed by atoms with E-state index in [0.717, 1.165) is 5.56 Å². The van der Waals surface area contributed by atoms with E-state index in [2.05, 4.69) is 0 Å². The number of carbonyl (C=O) groups is 1. The molecule has 0 saturated carbocycles. The molecule has 2 aromatic carbocycles. The lowest BCUT2D eigenvalue weighted by atomic mass is 9.97. The molecule has 0 aromatic heterocycles. The van der Waals surface area contributed by atoms with Crippen molar-refractivity contribution >= 4 is 5.78 Å². The van der Waals surface area contributed by atoms with Crippen LogP contribution in [0.3, 0.4) is 0 Å². The molecular weight excluding hydrogens is 560 g/mol. The summed E-state index contributed by atoms with van der Waals surface area (Å²) in [5.41, 5.74) is 0.684. The number of ketones is 1. The van der Waals surface area contributed by atoms with Crippen molar-refractivity contribution in [2.24, 2.45) is 0 Å². The largest absolute Gasteiger partial charge is 0.507 e. The van der Waals surface area contributed by atoms with E-state index in [-0.39, 0.29) is 23.5 Å². The summed E-state index contributed by atoms with van der Waals surface area (Å²) < 4.78 is 27.3. The molecule has 4 rings (SSSR count). The summed E-state index contributed by atoms with van der Waals surface area (Å²) in [4.78, 5) is 13.1. The molecule has 8 N–H and O–H groups in total. The number of aliphatic hydroxyl groups is 7. The van der Waals surface area contributed by atoms with Gasteiger partial charge < -0.3 is 64.5 Å². The van der Waals surface area contributed by atoms with E-state index < -0.39 is 80.4 Å². The topological polar surface area (TPSA) is 225 Å². The van der Waals surface area contributed by atoms with Gasteiger partial charge in [-0.1, -0.05) is 18.2 Å². The van der Waals surface area contributed by atoms with Gasteiger partial charge >= 0.3 is 0 Å². The third kappa shape index (κ3) is 6.84. The summed E-state index contributed by atoms with van der Waals surface area (Å²) in [7, 11) is 1.54. The van der Waals surface area contributed by atoms with E-state index in [1.54, 1.807) is 31.4 Å². The highest BCUT2D eigenvalue weighted by molar-refractivity contribution is 6.01. The summed E-state index contributed by atoms with van der Waals surface area (Å²) in [5.74, 6) is -0.319. The Kier molecular flexibility index (Phi) is 10.7. The first-order valence-corrected chi connectivity index (χ1v) is 13.3. The van der Waals surface area contributed by atoms with Crippen LogP contribution in [0, 0.1) is 0 Å². The number of ether oxygens (including phenoxy) is 5. The lowest BCUT2D eigenvalue weighted by Gasteiger charge is -2.45. The molecule has 2 aliphatic rings. The van der Waals surface area contributed by atoms with Gasteiger partial charge in [-0.2, -0.15) is 0 Å². The predicted molar refractivity (Wildman–Crippen MR) is 141 cm³/mol. The van der Waals surface area contributed by atoms with Gasteiger partial charge in [-0.3, -0.25) is 4.79 Å². The fourth-order valence-electron chi connectivity index (χ4n) is 4.85. The van der Waals surface area contributed by atoms with E-state index in [9.17, 15) is 45.6 Å². The Morgan fingerprint density at radius 2 is 1.45 bits per heavy atom. The van der Waals surface area contributed by atoms with Crippen molar-refractivity contribution in [2.75, 3.05) is 20.3 Å². The molecule has 0 amide bonds. The molecule has 232 valence electrons. The molecule has 2 aliphatic heterocycles. The fraction of sp³-hybridized carbons (Fsp3) is 0.536. The summed E-state index contributed by atoms with van der Waals surface area (Å²) in [6.45, 7) is -1.49. The Bertz CT molecular complexity index is 1170. The van der Waals surface area contributed by atoms with E-state index in [0.29, 0.717) is 12.2 Å². The first-order valence-electron chi connectivity index (χ1n) is 13.3. The monoisotopic (exact) mass is 596 g/mol. The highest BCUT2D eigenvalue weighted by atomic mass is 16.7. The summed E-state index contributed by atoms with van der Waals surface area (Å²) in [5, 5.41) is 81.8. The van der Waals surface area contributed by atoms with Crippen molar-refractivity contribution in [1.82, 2.24) is 0 Å². The van der Waals surface area contributed by atoms with Crippen LogP contribution >= 0.6 is 0 Å². The van der Waals surface area contributed by atoms with Crippen molar-refractivity contribution in [2.45, 2.75) is 74.3 Å². The Morgan fingerprint density at radius 3 is 2.10 bits per heavy atom. The van der Waals surface area contributed by atoms with Gasteiger partial charge in [0, 0.05) is 6.42 Å². The highest BCUT2D eigenvalue weighted by Gasteiger charge is 2.51. The number of aliphatic hydroxyl groups excluding tert-OH is 7. The van der Waals surface area contributed by atoms with Gasteiger partial charge in [0.25, 0.3) is 0 Å². The molecule has 42 heavy (non-hydrogen) atoms. The third-order valence-electron chi connectivity index (χ3n) is 7.29. The molecular formula is C28H36O14. The van der Waals surface area contributed by atoms with Gasteiger partial charge in [0.2, 0.25) is 6.29 Å². The predicted octanol–water partition coefficient (Wildman–Crippen LogP) is -1.78. The molecule has 0 aliphatic carbocycles. The van der Waals surface area contributed by atoms with E-state index in [4.69, 9.17) is 23.7 Å². The van der Waals surface area contributed by atoms with Crippen LogP contribution in [0.15, 0.2) is 42.5 Å². The summed E-state index contributed by atoms with van der Waals surface area (Å²) >= 11 is 0. The molecule has 2 aromatic rings. The van der Waals surface area contributed by atoms with Crippen molar-refractivity contribution in [1.29, 1.82) is 0 Å². The van der Waals surface area contributed by atoms with E-state index in [1.807, 2.05) is 0 Å². The van der Waals surface area contributed by atoms with Crippen molar-refractivity contribution < 1.29 is 69.3 Å². The molecule has 0 spiro atoms. The van der Waals surface area contributed by atoms with Crippen LogP contribution in [-0.2, 0) is 20.6 Å². The number of hydrogen-bond acceptors (Lipinski definition) is 14.